The summed E-state index contributed by atoms with van der Waals surface area (Å²) in [5.41, 5.74) is 2.93. The van der Waals surface area contributed by atoms with Crippen LogP contribution in [0.5, 0.6) is 0 Å². The number of thiazole rings is 1. The van der Waals surface area contributed by atoms with Crippen LogP contribution in [0.15, 0.2) is 60.1 Å². The fourth-order valence-corrected chi connectivity index (χ4v) is 3.18. The fourth-order valence-electron chi connectivity index (χ4n) is 2.39. The van der Waals surface area contributed by atoms with Crippen molar-refractivity contribution in [2.24, 2.45) is 0 Å². The molecule has 1 amide bonds. The Morgan fingerprint density at radius 3 is 2.71 bits per heavy atom. The Bertz CT molecular complexity index is 772. The van der Waals surface area contributed by atoms with Crippen molar-refractivity contribution in [3.63, 3.8) is 0 Å². The highest BCUT2D eigenvalue weighted by molar-refractivity contribution is 7.13. The number of nitrogens with one attached hydrogen (secondary N) is 1. The molecule has 122 valence electrons. The van der Waals surface area contributed by atoms with E-state index in [0.717, 1.165) is 29.2 Å². The van der Waals surface area contributed by atoms with Crippen molar-refractivity contribution >= 4 is 17.2 Å². The third kappa shape index (κ3) is 4.73. The Morgan fingerprint density at radius 1 is 1.08 bits per heavy atom. The second-order valence-corrected chi connectivity index (χ2v) is 6.33. The molecule has 0 unspecified atom stereocenters. The molecule has 4 nitrogen and oxygen atoms in total. The van der Waals surface area contributed by atoms with E-state index in [1.165, 1.54) is 16.9 Å². The van der Waals surface area contributed by atoms with Gasteiger partial charge in [0, 0.05) is 18.1 Å². The monoisotopic (exact) mass is 337 g/mol. The molecule has 3 aromatic rings. The second-order valence-electron chi connectivity index (χ2n) is 5.47. The Labute approximate surface area is 145 Å². The van der Waals surface area contributed by atoms with E-state index in [4.69, 9.17) is 0 Å². The highest BCUT2D eigenvalue weighted by Crippen LogP contribution is 2.21. The number of hydrogen-bond donors (Lipinski definition) is 1. The maximum atomic E-state index is 12.0. The van der Waals surface area contributed by atoms with Crippen molar-refractivity contribution in [1.82, 2.24) is 15.3 Å². The average Bonchev–Trinajstić information content (AvgIpc) is 3.09. The van der Waals surface area contributed by atoms with Gasteiger partial charge in [-0.15, -0.1) is 11.3 Å². The molecule has 0 aliphatic heterocycles. The standard InChI is InChI=1S/C19H19N3OS/c23-18(21-12-6-9-15-7-2-1-3-8-15)13-16-14-24-19(22-16)17-10-4-5-11-20-17/h1-5,7-8,10-11,14H,6,9,12-13H2,(H,21,23). The first-order chi connectivity index (χ1) is 11.8. The molecule has 5 heteroatoms. The number of aryl methyl sites for hydroxylation is 1. The van der Waals surface area contributed by atoms with Crippen molar-refractivity contribution in [3.8, 4) is 10.7 Å². The smallest absolute Gasteiger partial charge is 0.226 e. The normalized spacial score (nSPS) is 10.5. The van der Waals surface area contributed by atoms with Gasteiger partial charge in [-0.25, -0.2) is 4.98 Å². The summed E-state index contributed by atoms with van der Waals surface area (Å²) in [7, 11) is 0. The molecule has 1 N–H and O–H groups in total. The van der Waals surface area contributed by atoms with Crippen molar-refractivity contribution in [2.45, 2.75) is 19.3 Å². The largest absolute Gasteiger partial charge is 0.356 e. The van der Waals surface area contributed by atoms with Crippen LogP contribution >= 0.6 is 11.3 Å². The third-order valence-corrected chi connectivity index (χ3v) is 4.50. The molecule has 0 atom stereocenters. The molecule has 0 bridgehead atoms. The molecule has 0 saturated carbocycles. The van der Waals surface area contributed by atoms with E-state index in [1.54, 1.807) is 6.20 Å². The molecule has 0 aliphatic rings. The predicted octanol–water partition coefficient (Wildman–Crippen LogP) is 3.50. The number of benzene rings is 1. The van der Waals surface area contributed by atoms with Gasteiger partial charge in [0.15, 0.2) is 0 Å². The first kappa shape index (κ1) is 16.3. The van der Waals surface area contributed by atoms with Crippen molar-refractivity contribution in [3.05, 3.63) is 71.4 Å². The van der Waals surface area contributed by atoms with Crippen LogP contribution in [-0.4, -0.2) is 22.4 Å². The van der Waals surface area contributed by atoms with Crippen LogP contribution in [-0.2, 0) is 17.6 Å². The van der Waals surface area contributed by atoms with Crippen LogP contribution in [0.2, 0.25) is 0 Å². The number of nitrogens with zero attached hydrogens (tertiary/aromatic N) is 2. The summed E-state index contributed by atoms with van der Waals surface area (Å²) in [5.74, 6) is 0.0148. The molecule has 24 heavy (non-hydrogen) atoms. The van der Waals surface area contributed by atoms with Crippen molar-refractivity contribution in [1.29, 1.82) is 0 Å². The lowest BCUT2D eigenvalue weighted by Gasteiger charge is -2.04. The molecule has 0 fully saturated rings. The zero-order valence-corrected chi connectivity index (χ0v) is 14.1. The van der Waals surface area contributed by atoms with Gasteiger partial charge in [0.25, 0.3) is 0 Å². The molecule has 1 aromatic carbocycles. The topological polar surface area (TPSA) is 54.9 Å². The van der Waals surface area contributed by atoms with Gasteiger partial charge in [-0.1, -0.05) is 36.4 Å². The van der Waals surface area contributed by atoms with E-state index in [1.807, 2.05) is 41.8 Å². The number of rotatable bonds is 7. The minimum Gasteiger partial charge on any atom is -0.356 e. The minimum absolute atomic E-state index is 0.0148. The summed E-state index contributed by atoms with van der Waals surface area (Å²) < 4.78 is 0. The van der Waals surface area contributed by atoms with Crippen molar-refractivity contribution < 1.29 is 4.79 Å². The Hall–Kier alpha value is -2.53. The SMILES string of the molecule is O=C(Cc1csc(-c2ccccn2)n1)NCCCc1ccccc1. The van der Waals surface area contributed by atoms with E-state index in [2.05, 4.69) is 27.4 Å². The van der Waals surface area contributed by atoms with Crippen LogP contribution in [0.25, 0.3) is 10.7 Å². The Morgan fingerprint density at radius 2 is 1.92 bits per heavy atom. The van der Waals surface area contributed by atoms with Gasteiger partial charge in [-0.3, -0.25) is 9.78 Å². The lowest BCUT2D eigenvalue weighted by molar-refractivity contribution is -0.120. The number of carbonyl (C=O) groups is 1. The van der Waals surface area contributed by atoms with E-state index in [-0.39, 0.29) is 5.91 Å². The molecule has 3 rings (SSSR count). The maximum Gasteiger partial charge on any atom is 0.226 e. The Kier molecular flexibility index (Phi) is 5.69. The average molecular weight is 337 g/mol. The molecule has 2 heterocycles. The fraction of sp³-hybridized carbons (Fsp3) is 0.211. The molecule has 0 spiro atoms. The summed E-state index contributed by atoms with van der Waals surface area (Å²) >= 11 is 1.52. The molecule has 0 aliphatic carbocycles. The quantitative estimate of drug-likeness (QED) is 0.671. The summed E-state index contributed by atoms with van der Waals surface area (Å²) in [5, 5.41) is 5.73. The van der Waals surface area contributed by atoms with E-state index < -0.39 is 0 Å². The number of amides is 1. The van der Waals surface area contributed by atoms with E-state index in [9.17, 15) is 4.79 Å². The lowest BCUT2D eigenvalue weighted by Crippen LogP contribution is -2.26. The number of aromatic nitrogens is 2. The van der Waals surface area contributed by atoms with Gasteiger partial charge in [-0.05, 0) is 30.5 Å². The van der Waals surface area contributed by atoms with Gasteiger partial charge >= 0.3 is 0 Å². The highest BCUT2D eigenvalue weighted by Gasteiger charge is 2.09. The second kappa shape index (κ2) is 8.36. The van der Waals surface area contributed by atoms with Gasteiger partial charge in [0.05, 0.1) is 17.8 Å². The maximum absolute atomic E-state index is 12.0. The van der Waals surface area contributed by atoms with Crippen LogP contribution < -0.4 is 5.32 Å². The molecule has 0 radical (unpaired) electrons. The lowest BCUT2D eigenvalue weighted by atomic mass is 10.1. The van der Waals surface area contributed by atoms with Gasteiger partial charge < -0.3 is 5.32 Å². The van der Waals surface area contributed by atoms with Gasteiger partial charge in [-0.2, -0.15) is 0 Å². The third-order valence-electron chi connectivity index (χ3n) is 3.58. The number of hydrogen-bond acceptors (Lipinski definition) is 4. The summed E-state index contributed by atoms with van der Waals surface area (Å²) in [6.07, 6.45) is 3.97. The molecular weight excluding hydrogens is 318 g/mol. The first-order valence-corrected chi connectivity index (χ1v) is 8.85. The zero-order valence-electron chi connectivity index (χ0n) is 13.3. The van der Waals surface area contributed by atoms with Crippen LogP contribution in [0.1, 0.15) is 17.7 Å². The molecule has 0 saturated heterocycles. The summed E-state index contributed by atoms with van der Waals surface area (Å²) in [4.78, 5) is 20.8. The van der Waals surface area contributed by atoms with Crippen LogP contribution in [0.4, 0.5) is 0 Å². The van der Waals surface area contributed by atoms with Gasteiger partial charge in [0.1, 0.15) is 5.01 Å². The minimum atomic E-state index is 0.0148. The van der Waals surface area contributed by atoms with Crippen LogP contribution in [0, 0.1) is 0 Å². The first-order valence-electron chi connectivity index (χ1n) is 7.98. The van der Waals surface area contributed by atoms with E-state index in [0.29, 0.717) is 13.0 Å². The predicted molar refractivity (Wildman–Crippen MR) is 96.8 cm³/mol. The summed E-state index contributed by atoms with van der Waals surface area (Å²) in [6, 6.07) is 16.0. The Balaban J connectivity index is 1.43. The van der Waals surface area contributed by atoms with E-state index >= 15 is 0 Å². The molecule has 2 aromatic heterocycles. The van der Waals surface area contributed by atoms with Crippen LogP contribution in [0.3, 0.4) is 0 Å². The summed E-state index contributed by atoms with van der Waals surface area (Å²) in [6.45, 7) is 0.685. The molecular formula is C19H19N3OS. The zero-order chi connectivity index (χ0) is 16.6. The number of pyridine rings is 1. The highest BCUT2D eigenvalue weighted by atomic mass is 32.1. The number of carbonyl (C=O) groups excluding carboxylic acids is 1. The van der Waals surface area contributed by atoms with Gasteiger partial charge in [0.2, 0.25) is 5.91 Å². The van der Waals surface area contributed by atoms with Crippen molar-refractivity contribution in [2.75, 3.05) is 6.54 Å².